The first kappa shape index (κ1) is 24.8. The Morgan fingerprint density at radius 3 is 2.29 bits per heavy atom. The van der Waals surface area contributed by atoms with Gasteiger partial charge in [-0.15, -0.1) is 0 Å². The molecule has 8 nitrogen and oxygen atoms in total. The van der Waals surface area contributed by atoms with Crippen LogP contribution in [0.15, 0.2) is 47.4 Å². The number of sulfonamides is 2. The zero-order valence-electron chi connectivity index (χ0n) is 19.1. The number of carbonyl (C=O) groups excluding carboxylic acids is 1. The number of nitrogens with one attached hydrogen (secondary N) is 2. The summed E-state index contributed by atoms with van der Waals surface area (Å²) < 4.78 is 62.0. The molecule has 0 radical (unpaired) electrons. The zero-order chi connectivity index (χ0) is 24.9. The molecule has 0 spiro atoms. The van der Waals surface area contributed by atoms with Gasteiger partial charge in [-0.25, -0.2) is 16.8 Å². The first-order valence-corrected chi connectivity index (χ1v) is 14.3. The number of rotatable bonds is 8. The number of halogens is 1. The van der Waals surface area contributed by atoms with Gasteiger partial charge in [0.1, 0.15) is 11.5 Å². The summed E-state index contributed by atoms with van der Waals surface area (Å²) in [5.41, 5.74) is -1.12. The molecule has 2 fully saturated rings. The topological polar surface area (TPSA) is 119 Å². The summed E-state index contributed by atoms with van der Waals surface area (Å²) in [6.07, 6.45) is 1.74. The van der Waals surface area contributed by atoms with Gasteiger partial charge in [0.15, 0.2) is 0 Å². The van der Waals surface area contributed by atoms with Crippen LogP contribution in [0, 0.1) is 16.7 Å². The average Bonchev–Trinajstić information content (AvgIpc) is 3.09. The lowest BCUT2D eigenvalue weighted by Crippen LogP contribution is -2.43. The number of methoxy groups -OCH3 is 1. The number of Topliss-reactive ketones (excluding diaryl/α,β-unsaturated/α-hetero) is 1. The van der Waals surface area contributed by atoms with Gasteiger partial charge in [-0.3, -0.25) is 14.2 Å². The molecule has 2 saturated carbocycles. The van der Waals surface area contributed by atoms with E-state index in [1.165, 1.54) is 25.3 Å². The van der Waals surface area contributed by atoms with Crippen LogP contribution in [-0.2, 0) is 24.8 Å². The molecule has 0 saturated heterocycles. The van der Waals surface area contributed by atoms with E-state index in [0.717, 1.165) is 6.42 Å². The number of fused-ring (bicyclic) bond motifs is 2. The van der Waals surface area contributed by atoms with Gasteiger partial charge in [-0.1, -0.05) is 25.4 Å². The fourth-order valence-corrected chi connectivity index (χ4v) is 8.47. The fraction of sp³-hybridized carbons (Fsp3) is 0.435. The highest BCUT2D eigenvalue weighted by Gasteiger charge is 2.65. The fourth-order valence-electron chi connectivity index (χ4n) is 5.26. The first-order valence-electron chi connectivity index (χ1n) is 10.8. The Bertz CT molecular complexity index is 1340. The van der Waals surface area contributed by atoms with E-state index in [9.17, 15) is 21.6 Å². The minimum absolute atomic E-state index is 0.0229. The van der Waals surface area contributed by atoms with E-state index in [2.05, 4.69) is 9.44 Å². The number of hydrogen-bond donors (Lipinski definition) is 2. The van der Waals surface area contributed by atoms with Gasteiger partial charge in [0.05, 0.1) is 33.9 Å². The van der Waals surface area contributed by atoms with Gasteiger partial charge in [0.25, 0.3) is 10.0 Å². The van der Waals surface area contributed by atoms with E-state index in [4.69, 9.17) is 16.3 Å². The highest BCUT2D eigenvalue weighted by Crippen LogP contribution is 2.64. The molecular formula is C23H27ClN2O6S2. The second kappa shape index (κ2) is 8.42. The van der Waals surface area contributed by atoms with Crippen LogP contribution in [0.4, 0.5) is 11.4 Å². The number of hydrogen-bond acceptors (Lipinski definition) is 6. The molecule has 0 aliphatic heterocycles. The predicted octanol–water partition coefficient (Wildman–Crippen LogP) is 4.29. The van der Waals surface area contributed by atoms with Crippen LogP contribution in [0.25, 0.3) is 0 Å². The zero-order valence-corrected chi connectivity index (χ0v) is 21.5. The Morgan fingerprint density at radius 2 is 1.74 bits per heavy atom. The third-order valence-electron chi connectivity index (χ3n) is 7.43. The third-order valence-corrected chi connectivity index (χ3v) is 10.5. The van der Waals surface area contributed by atoms with Crippen LogP contribution in [-0.4, -0.2) is 35.5 Å². The Labute approximate surface area is 205 Å². The summed E-state index contributed by atoms with van der Waals surface area (Å²) in [7, 11) is -6.52. The molecule has 2 aliphatic rings. The van der Waals surface area contributed by atoms with Crippen LogP contribution in [0.2, 0.25) is 5.02 Å². The molecule has 11 heteroatoms. The molecule has 0 aromatic heterocycles. The molecule has 4 rings (SSSR count). The number of carbonyl (C=O) groups is 1. The third kappa shape index (κ3) is 4.27. The minimum Gasteiger partial charge on any atom is -0.497 e. The number of ether oxygens (including phenoxy) is 1. The van der Waals surface area contributed by atoms with Crippen molar-refractivity contribution in [1.29, 1.82) is 0 Å². The number of ketones is 1. The lowest BCUT2D eigenvalue weighted by molar-refractivity contribution is -0.128. The summed E-state index contributed by atoms with van der Waals surface area (Å²) in [6.45, 7) is 3.91. The largest absolute Gasteiger partial charge is 0.497 e. The van der Waals surface area contributed by atoms with Gasteiger partial charge in [-0.2, -0.15) is 0 Å². The summed E-state index contributed by atoms with van der Waals surface area (Å²) in [5, 5.41) is 0.0470. The second-order valence-corrected chi connectivity index (χ2v) is 13.3. The van der Waals surface area contributed by atoms with Crippen molar-refractivity contribution < 1.29 is 26.4 Å². The van der Waals surface area contributed by atoms with Gasteiger partial charge in [0, 0.05) is 12.1 Å². The van der Waals surface area contributed by atoms with Crippen molar-refractivity contribution in [2.45, 2.75) is 38.0 Å². The van der Waals surface area contributed by atoms with Crippen LogP contribution in [0.5, 0.6) is 5.75 Å². The Balaban J connectivity index is 1.58. The van der Waals surface area contributed by atoms with Crippen molar-refractivity contribution in [3.63, 3.8) is 0 Å². The highest BCUT2D eigenvalue weighted by atomic mass is 35.5. The summed E-state index contributed by atoms with van der Waals surface area (Å²) in [5.74, 6) is 0.365. The second-order valence-electron chi connectivity index (χ2n) is 9.50. The first-order chi connectivity index (χ1) is 15.8. The maximum atomic E-state index is 13.1. The van der Waals surface area contributed by atoms with Crippen molar-refractivity contribution in [1.82, 2.24) is 0 Å². The standard InChI is InChI=1S/C23H27ClN2O6S2/c1-22(2)15-10-11-23(22,21(27)12-15)14-33(28,29)26-20-13-18(8-9-19(20)24)34(30,31)25-16-4-6-17(32-3)7-5-16/h4-9,13,15,25-26H,10-12,14H2,1-3H3. The molecular weight excluding hydrogens is 500 g/mol. The van der Waals surface area contributed by atoms with Crippen molar-refractivity contribution in [3.05, 3.63) is 47.5 Å². The summed E-state index contributed by atoms with van der Waals surface area (Å²) >= 11 is 6.20. The van der Waals surface area contributed by atoms with E-state index in [-0.39, 0.29) is 33.1 Å². The van der Waals surface area contributed by atoms with E-state index >= 15 is 0 Å². The molecule has 2 N–H and O–H groups in total. The summed E-state index contributed by atoms with van der Waals surface area (Å²) in [6, 6.07) is 10.1. The van der Waals surface area contributed by atoms with Crippen LogP contribution in [0.1, 0.15) is 33.1 Å². The predicted molar refractivity (Wildman–Crippen MR) is 131 cm³/mol. The Morgan fingerprint density at radius 1 is 1.06 bits per heavy atom. The van der Waals surface area contributed by atoms with Crippen molar-refractivity contribution in [2.75, 3.05) is 22.3 Å². The Hall–Kier alpha value is -2.30. The van der Waals surface area contributed by atoms with Crippen LogP contribution in [0.3, 0.4) is 0 Å². The van der Waals surface area contributed by atoms with E-state index in [0.29, 0.717) is 24.3 Å². The lowest BCUT2D eigenvalue weighted by atomic mass is 9.70. The molecule has 2 unspecified atom stereocenters. The number of anilines is 2. The lowest BCUT2D eigenvalue weighted by Gasteiger charge is -2.36. The molecule has 0 heterocycles. The molecule has 2 bridgehead atoms. The van der Waals surface area contributed by atoms with Crippen molar-refractivity contribution >= 4 is 48.8 Å². The van der Waals surface area contributed by atoms with E-state index in [1.807, 2.05) is 13.8 Å². The maximum absolute atomic E-state index is 13.1. The summed E-state index contributed by atoms with van der Waals surface area (Å²) in [4.78, 5) is 12.6. The monoisotopic (exact) mass is 526 g/mol. The van der Waals surface area contributed by atoms with Gasteiger partial charge in [-0.05, 0) is 66.6 Å². The average molecular weight is 527 g/mol. The Kier molecular flexibility index (Phi) is 6.15. The maximum Gasteiger partial charge on any atom is 0.261 e. The molecule has 0 amide bonds. The smallest absolute Gasteiger partial charge is 0.261 e. The quantitative estimate of drug-likeness (QED) is 0.529. The van der Waals surface area contributed by atoms with E-state index < -0.39 is 30.9 Å². The molecule has 2 aromatic rings. The van der Waals surface area contributed by atoms with Crippen molar-refractivity contribution in [3.8, 4) is 5.75 Å². The normalized spacial score (nSPS) is 23.6. The van der Waals surface area contributed by atoms with Gasteiger partial charge < -0.3 is 4.74 Å². The number of benzene rings is 2. The minimum atomic E-state index is -4.03. The molecule has 2 aromatic carbocycles. The van der Waals surface area contributed by atoms with E-state index in [1.54, 1.807) is 24.3 Å². The molecule has 2 atom stereocenters. The van der Waals surface area contributed by atoms with Crippen LogP contribution < -0.4 is 14.2 Å². The SMILES string of the molecule is COc1ccc(NS(=O)(=O)c2ccc(Cl)c(NS(=O)(=O)CC34CCC(CC3=O)C4(C)C)c2)cc1. The van der Waals surface area contributed by atoms with Crippen molar-refractivity contribution in [2.24, 2.45) is 16.7 Å². The molecule has 2 aliphatic carbocycles. The molecule has 184 valence electrons. The van der Waals surface area contributed by atoms with Gasteiger partial charge >= 0.3 is 0 Å². The van der Waals surface area contributed by atoms with Crippen LogP contribution >= 0.6 is 11.6 Å². The highest BCUT2D eigenvalue weighted by molar-refractivity contribution is 7.93. The molecule has 34 heavy (non-hydrogen) atoms. The van der Waals surface area contributed by atoms with Gasteiger partial charge in [0.2, 0.25) is 10.0 Å².